The van der Waals surface area contributed by atoms with E-state index in [9.17, 15) is 0 Å². The van der Waals surface area contributed by atoms with E-state index in [1.807, 2.05) is 0 Å². The summed E-state index contributed by atoms with van der Waals surface area (Å²) in [6.45, 7) is 4.44. The molecular formula is C12H20O4. The van der Waals surface area contributed by atoms with Gasteiger partial charge in [-0.1, -0.05) is 6.92 Å². The van der Waals surface area contributed by atoms with Gasteiger partial charge >= 0.3 is 0 Å². The summed E-state index contributed by atoms with van der Waals surface area (Å²) in [5.74, 6) is 0.492. The van der Waals surface area contributed by atoms with Crippen molar-refractivity contribution in [3.05, 3.63) is 0 Å². The Bertz CT molecular complexity index is 239. The summed E-state index contributed by atoms with van der Waals surface area (Å²) in [5, 5.41) is 0. The Morgan fingerprint density at radius 2 is 1.88 bits per heavy atom. The van der Waals surface area contributed by atoms with E-state index in [1.54, 1.807) is 0 Å². The van der Waals surface area contributed by atoms with Gasteiger partial charge in [-0.15, -0.1) is 0 Å². The smallest absolute Gasteiger partial charge is 0.158 e. The quantitative estimate of drug-likeness (QED) is 0.714. The molecule has 3 aliphatic rings. The lowest BCUT2D eigenvalue weighted by Gasteiger charge is -2.27. The van der Waals surface area contributed by atoms with Gasteiger partial charge in [-0.25, -0.2) is 0 Å². The van der Waals surface area contributed by atoms with Gasteiger partial charge in [0.05, 0.1) is 19.3 Å². The minimum Gasteiger partial charge on any atom is -0.372 e. The van der Waals surface area contributed by atoms with Crippen molar-refractivity contribution in [2.75, 3.05) is 19.8 Å². The molecule has 3 fully saturated rings. The lowest BCUT2D eigenvalue weighted by molar-refractivity contribution is -0.202. The molecule has 0 radical (unpaired) electrons. The highest BCUT2D eigenvalue weighted by atomic mass is 16.7. The zero-order chi connectivity index (χ0) is 11.0. The van der Waals surface area contributed by atoms with Crippen LogP contribution < -0.4 is 0 Å². The molecule has 3 saturated heterocycles. The van der Waals surface area contributed by atoms with E-state index < -0.39 is 0 Å². The van der Waals surface area contributed by atoms with Gasteiger partial charge in [0.2, 0.25) is 0 Å². The first-order valence-corrected chi connectivity index (χ1v) is 6.35. The maximum absolute atomic E-state index is 5.94. The summed E-state index contributed by atoms with van der Waals surface area (Å²) >= 11 is 0. The van der Waals surface area contributed by atoms with Gasteiger partial charge in [0.15, 0.2) is 6.29 Å². The Kier molecular flexibility index (Phi) is 3.16. The number of ether oxygens (including phenoxy) is 4. The molecule has 0 spiro atoms. The molecule has 0 aromatic carbocycles. The van der Waals surface area contributed by atoms with Gasteiger partial charge < -0.3 is 18.9 Å². The summed E-state index contributed by atoms with van der Waals surface area (Å²) < 4.78 is 23.0. The third kappa shape index (κ3) is 1.99. The molecule has 16 heavy (non-hydrogen) atoms. The van der Waals surface area contributed by atoms with Gasteiger partial charge in [0.25, 0.3) is 0 Å². The van der Waals surface area contributed by atoms with E-state index in [0.717, 1.165) is 26.1 Å². The molecule has 0 aliphatic carbocycles. The monoisotopic (exact) mass is 228 g/mol. The Hall–Kier alpha value is -0.160. The highest BCUT2D eigenvalue weighted by Crippen LogP contribution is 2.33. The molecule has 5 atom stereocenters. The molecule has 0 amide bonds. The second-order valence-electron chi connectivity index (χ2n) is 5.04. The third-order valence-corrected chi connectivity index (χ3v) is 3.72. The first-order chi connectivity index (χ1) is 7.84. The van der Waals surface area contributed by atoms with Crippen molar-refractivity contribution < 1.29 is 18.9 Å². The highest BCUT2D eigenvalue weighted by Gasteiger charge is 2.47. The molecule has 0 N–H and O–H groups in total. The topological polar surface area (TPSA) is 36.9 Å². The van der Waals surface area contributed by atoms with Crippen LogP contribution in [-0.2, 0) is 18.9 Å². The second kappa shape index (κ2) is 4.61. The summed E-state index contributed by atoms with van der Waals surface area (Å²) in [7, 11) is 0. The SMILES string of the molecule is C[C@H]1CO[C@H]2[C@@H]1OC[C@@H]2OC1CCCCO1. The van der Waals surface area contributed by atoms with Crippen LogP contribution in [0.3, 0.4) is 0 Å². The zero-order valence-corrected chi connectivity index (χ0v) is 9.76. The molecule has 4 heteroatoms. The predicted octanol–water partition coefficient (Wildman–Crippen LogP) is 1.33. The standard InChI is InChI=1S/C12H20O4/c1-8-6-14-12-9(7-15-11(8)12)16-10-4-2-3-5-13-10/h8-12H,2-7H2,1H3/t8-,9-,10?,11+,12+/m0/s1. The minimum atomic E-state index is -0.0411. The lowest BCUT2D eigenvalue weighted by atomic mass is 10.0. The maximum atomic E-state index is 5.94. The average Bonchev–Trinajstić information content (AvgIpc) is 2.86. The van der Waals surface area contributed by atoms with Crippen molar-refractivity contribution in [3.8, 4) is 0 Å². The van der Waals surface area contributed by atoms with E-state index in [-0.39, 0.29) is 24.6 Å². The van der Waals surface area contributed by atoms with Crippen molar-refractivity contribution >= 4 is 0 Å². The second-order valence-corrected chi connectivity index (χ2v) is 5.04. The summed E-state index contributed by atoms with van der Waals surface area (Å²) in [6.07, 6.45) is 3.74. The van der Waals surface area contributed by atoms with Crippen LogP contribution in [0.1, 0.15) is 26.2 Å². The Morgan fingerprint density at radius 3 is 2.69 bits per heavy atom. The molecule has 92 valence electrons. The fraction of sp³-hybridized carbons (Fsp3) is 1.00. The molecular weight excluding hydrogens is 208 g/mol. The van der Waals surface area contributed by atoms with Crippen LogP contribution in [0.2, 0.25) is 0 Å². The van der Waals surface area contributed by atoms with Crippen molar-refractivity contribution in [2.24, 2.45) is 5.92 Å². The fourth-order valence-electron chi connectivity index (χ4n) is 2.79. The Morgan fingerprint density at radius 1 is 1.00 bits per heavy atom. The largest absolute Gasteiger partial charge is 0.372 e. The Balaban J connectivity index is 1.55. The third-order valence-electron chi connectivity index (χ3n) is 3.72. The van der Waals surface area contributed by atoms with Crippen LogP contribution >= 0.6 is 0 Å². The molecule has 0 aromatic rings. The van der Waals surface area contributed by atoms with Crippen LogP contribution in [-0.4, -0.2) is 44.4 Å². The van der Waals surface area contributed by atoms with E-state index in [4.69, 9.17) is 18.9 Å². The molecule has 1 unspecified atom stereocenters. The molecule has 4 nitrogen and oxygen atoms in total. The van der Waals surface area contributed by atoms with Crippen LogP contribution in [0.4, 0.5) is 0 Å². The van der Waals surface area contributed by atoms with Crippen molar-refractivity contribution in [2.45, 2.75) is 50.8 Å². The minimum absolute atomic E-state index is 0.0411. The first-order valence-electron chi connectivity index (χ1n) is 6.35. The number of hydrogen-bond acceptors (Lipinski definition) is 4. The molecule has 3 rings (SSSR count). The maximum Gasteiger partial charge on any atom is 0.158 e. The summed E-state index contributed by atoms with van der Waals surface area (Å²) in [5.41, 5.74) is 0. The van der Waals surface area contributed by atoms with E-state index in [1.165, 1.54) is 6.42 Å². The van der Waals surface area contributed by atoms with Gasteiger partial charge in [0, 0.05) is 12.5 Å². The molecule has 3 heterocycles. The number of rotatable bonds is 2. The van der Waals surface area contributed by atoms with Gasteiger partial charge in [0.1, 0.15) is 12.2 Å². The van der Waals surface area contributed by atoms with Crippen molar-refractivity contribution in [1.29, 1.82) is 0 Å². The van der Waals surface area contributed by atoms with Gasteiger partial charge in [-0.2, -0.15) is 0 Å². The predicted molar refractivity (Wildman–Crippen MR) is 57.1 cm³/mol. The molecule has 3 aliphatic heterocycles. The van der Waals surface area contributed by atoms with E-state index >= 15 is 0 Å². The fourth-order valence-corrected chi connectivity index (χ4v) is 2.79. The van der Waals surface area contributed by atoms with Crippen LogP contribution in [0.25, 0.3) is 0 Å². The zero-order valence-electron chi connectivity index (χ0n) is 9.76. The van der Waals surface area contributed by atoms with E-state index in [0.29, 0.717) is 12.5 Å². The average molecular weight is 228 g/mol. The van der Waals surface area contributed by atoms with Crippen LogP contribution in [0.5, 0.6) is 0 Å². The van der Waals surface area contributed by atoms with Crippen molar-refractivity contribution in [3.63, 3.8) is 0 Å². The van der Waals surface area contributed by atoms with Gasteiger partial charge in [-0.05, 0) is 19.3 Å². The highest BCUT2D eigenvalue weighted by molar-refractivity contribution is 4.93. The van der Waals surface area contributed by atoms with Gasteiger partial charge in [-0.3, -0.25) is 0 Å². The van der Waals surface area contributed by atoms with E-state index in [2.05, 4.69) is 6.92 Å². The number of hydrogen-bond donors (Lipinski definition) is 0. The first kappa shape index (κ1) is 11.0. The lowest BCUT2D eigenvalue weighted by Crippen LogP contribution is -2.36. The normalized spacial score (nSPS) is 48.2. The summed E-state index contributed by atoms with van der Waals surface area (Å²) in [6, 6.07) is 0. The van der Waals surface area contributed by atoms with Crippen molar-refractivity contribution in [1.82, 2.24) is 0 Å². The Labute approximate surface area is 96.2 Å². The number of fused-ring (bicyclic) bond motifs is 1. The van der Waals surface area contributed by atoms with Crippen LogP contribution in [0.15, 0.2) is 0 Å². The van der Waals surface area contributed by atoms with Crippen LogP contribution in [0, 0.1) is 5.92 Å². The molecule has 0 saturated carbocycles. The molecule has 0 bridgehead atoms. The molecule has 0 aromatic heterocycles. The summed E-state index contributed by atoms with van der Waals surface area (Å²) in [4.78, 5) is 0.